The van der Waals surface area contributed by atoms with Gasteiger partial charge in [-0.25, -0.2) is 9.37 Å². The summed E-state index contributed by atoms with van der Waals surface area (Å²) >= 11 is 0. The van der Waals surface area contributed by atoms with E-state index in [1.165, 1.54) is 25.6 Å². The number of imidazole rings is 1. The number of ether oxygens (including phenoxy) is 1. The highest BCUT2D eigenvalue weighted by molar-refractivity contribution is 5.69. The van der Waals surface area contributed by atoms with Crippen LogP contribution in [0.3, 0.4) is 0 Å². The van der Waals surface area contributed by atoms with Gasteiger partial charge in [0.15, 0.2) is 0 Å². The van der Waals surface area contributed by atoms with E-state index in [1.807, 2.05) is 0 Å². The number of hydrogen-bond donors (Lipinski definition) is 1. The lowest BCUT2D eigenvalue weighted by molar-refractivity contribution is -0.136. The van der Waals surface area contributed by atoms with Crippen LogP contribution in [0.4, 0.5) is 4.39 Å². The number of hydrogen-bond acceptors (Lipinski definition) is 3. The van der Waals surface area contributed by atoms with Crippen LogP contribution in [-0.2, 0) is 17.8 Å². The van der Waals surface area contributed by atoms with E-state index in [0.717, 1.165) is 0 Å². The third-order valence-corrected chi connectivity index (χ3v) is 2.61. The van der Waals surface area contributed by atoms with Crippen molar-refractivity contribution in [3.05, 3.63) is 47.8 Å². The molecule has 0 unspecified atom stereocenters. The summed E-state index contributed by atoms with van der Waals surface area (Å²) in [4.78, 5) is 14.5. The number of carboxylic acid groups (broad SMARTS) is 1. The quantitative estimate of drug-likeness (QED) is 0.892. The largest absolute Gasteiger partial charge is 0.496 e. The van der Waals surface area contributed by atoms with E-state index in [0.29, 0.717) is 23.6 Å². The first-order valence-corrected chi connectivity index (χ1v) is 5.63. The molecule has 6 heteroatoms. The molecule has 0 aliphatic carbocycles. The lowest BCUT2D eigenvalue weighted by atomic mass is 10.2. The van der Waals surface area contributed by atoms with Crippen LogP contribution in [0.25, 0.3) is 0 Å². The number of aliphatic carboxylic acids is 1. The number of rotatable bonds is 5. The first-order chi connectivity index (χ1) is 9.08. The van der Waals surface area contributed by atoms with E-state index in [-0.39, 0.29) is 12.2 Å². The molecule has 1 aromatic heterocycles. The standard InChI is InChI=1S/C13H13FN2O3/c1-19-12-3-2-10(14)4-9(12)6-16-7-11(15-8-16)5-13(17)18/h2-4,7-8H,5-6H2,1H3,(H,17,18). The average Bonchev–Trinajstić information content (AvgIpc) is 2.76. The van der Waals surface area contributed by atoms with Crippen molar-refractivity contribution in [1.82, 2.24) is 9.55 Å². The Morgan fingerprint density at radius 3 is 3.00 bits per heavy atom. The third kappa shape index (κ3) is 3.31. The van der Waals surface area contributed by atoms with Crippen LogP contribution < -0.4 is 4.74 Å². The molecule has 1 aromatic carbocycles. The van der Waals surface area contributed by atoms with Gasteiger partial charge in [-0.3, -0.25) is 4.79 Å². The summed E-state index contributed by atoms with van der Waals surface area (Å²) in [6.45, 7) is 0.369. The maximum absolute atomic E-state index is 13.2. The topological polar surface area (TPSA) is 64.4 Å². The summed E-state index contributed by atoms with van der Waals surface area (Å²) in [5.74, 6) is -0.704. The van der Waals surface area contributed by atoms with E-state index in [4.69, 9.17) is 9.84 Å². The molecule has 1 N–H and O–H groups in total. The van der Waals surface area contributed by atoms with Crippen LogP contribution in [0.5, 0.6) is 5.75 Å². The van der Waals surface area contributed by atoms with Gasteiger partial charge in [-0.2, -0.15) is 0 Å². The molecule has 0 amide bonds. The molecule has 0 spiro atoms. The molecule has 19 heavy (non-hydrogen) atoms. The molecule has 1 heterocycles. The second kappa shape index (κ2) is 5.51. The molecule has 2 aromatic rings. The van der Waals surface area contributed by atoms with E-state index >= 15 is 0 Å². The molecule has 0 aliphatic rings. The van der Waals surface area contributed by atoms with Crippen LogP contribution in [-0.4, -0.2) is 27.7 Å². The fourth-order valence-electron chi connectivity index (χ4n) is 1.81. The summed E-state index contributed by atoms with van der Waals surface area (Å²) in [7, 11) is 1.51. The number of aromatic nitrogens is 2. The molecule has 100 valence electrons. The van der Waals surface area contributed by atoms with Crippen molar-refractivity contribution >= 4 is 5.97 Å². The zero-order valence-corrected chi connectivity index (χ0v) is 10.3. The molecule has 0 atom stereocenters. The summed E-state index contributed by atoms with van der Waals surface area (Å²) in [5.41, 5.74) is 1.13. The fourth-order valence-corrected chi connectivity index (χ4v) is 1.81. The molecule has 5 nitrogen and oxygen atoms in total. The minimum Gasteiger partial charge on any atom is -0.496 e. The highest BCUT2D eigenvalue weighted by atomic mass is 19.1. The van der Waals surface area contributed by atoms with Gasteiger partial charge in [-0.15, -0.1) is 0 Å². The summed E-state index contributed by atoms with van der Waals surface area (Å²) < 4.78 is 20.0. The maximum atomic E-state index is 13.2. The molecule has 0 saturated heterocycles. The molecule has 2 rings (SSSR count). The van der Waals surface area contributed by atoms with Gasteiger partial charge < -0.3 is 14.4 Å². The van der Waals surface area contributed by atoms with E-state index in [1.54, 1.807) is 16.8 Å². The van der Waals surface area contributed by atoms with Gasteiger partial charge in [0.25, 0.3) is 0 Å². The molecule has 0 saturated carbocycles. The zero-order chi connectivity index (χ0) is 13.8. The van der Waals surface area contributed by atoms with Gasteiger partial charge in [0.1, 0.15) is 11.6 Å². The Bertz CT molecular complexity index is 595. The van der Waals surface area contributed by atoms with Crippen molar-refractivity contribution in [1.29, 1.82) is 0 Å². The maximum Gasteiger partial charge on any atom is 0.309 e. The number of methoxy groups -OCH3 is 1. The van der Waals surface area contributed by atoms with Gasteiger partial charge >= 0.3 is 5.97 Å². The molecule has 0 aliphatic heterocycles. The first kappa shape index (κ1) is 13.1. The third-order valence-electron chi connectivity index (χ3n) is 2.61. The molecule has 0 fully saturated rings. The average molecular weight is 264 g/mol. The van der Waals surface area contributed by atoms with Crippen LogP contribution in [0.1, 0.15) is 11.3 Å². The Labute approximate surface area is 109 Å². The second-order valence-electron chi connectivity index (χ2n) is 4.06. The van der Waals surface area contributed by atoms with Crippen LogP contribution >= 0.6 is 0 Å². The number of benzene rings is 1. The van der Waals surface area contributed by atoms with Gasteiger partial charge in [-0.1, -0.05) is 0 Å². The molecular formula is C13H13FN2O3. The van der Waals surface area contributed by atoms with Gasteiger partial charge in [-0.05, 0) is 18.2 Å². The van der Waals surface area contributed by atoms with Gasteiger partial charge in [0.05, 0.1) is 32.1 Å². The lowest BCUT2D eigenvalue weighted by Gasteiger charge is -2.08. The minimum absolute atomic E-state index is 0.132. The number of halogens is 1. The van der Waals surface area contributed by atoms with Crippen molar-refractivity contribution in [2.45, 2.75) is 13.0 Å². The normalized spacial score (nSPS) is 10.4. The van der Waals surface area contributed by atoms with Gasteiger partial charge in [0, 0.05) is 11.8 Å². The van der Waals surface area contributed by atoms with Crippen LogP contribution in [0.2, 0.25) is 0 Å². The number of carboxylic acids is 1. The van der Waals surface area contributed by atoms with Gasteiger partial charge in [0.2, 0.25) is 0 Å². The van der Waals surface area contributed by atoms with Crippen molar-refractivity contribution in [3.63, 3.8) is 0 Å². The predicted octanol–water partition coefficient (Wildman–Crippen LogP) is 1.71. The Hall–Kier alpha value is -2.37. The second-order valence-corrected chi connectivity index (χ2v) is 4.06. The van der Waals surface area contributed by atoms with Crippen molar-refractivity contribution in [2.24, 2.45) is 0 Å². The monoisotopic (exact) mass is 264 g/mol. The Morgan fingerprint density at radius 1 is 1.53 bits per heavy atom. The van der Waals surface area contributed by atoms with E-state index < -0.39 is 5.97 Å². The van der Waals surface area contributed by atoms with Crippen LogP contribution in [0.15, 0.2) is 30.7 Å². The number of nitrogens with zero attached hydrogens (tertiary/aromatic N) is 2. The number of carbonyl (C=O) groups is 1. The SMILES string of the molecule is COc1ccc(F)cc1Cn1cnc(CC(=O)O)c1. The summed E-state index contributed by atoms with van der Waals surface area (Å²) in [5, 5.41) is 8.67. The van der Waals surface area contributed by atoms with E-state index in [2.05, 4.69) is 4.98 Å². The summed E-state index contributed by atoms with van der Waals surface area (Å²) in [6.07, 6.45) is 3.01. The highest BCUT2D eigenvalue weighted by Crippen LogP contribution is 2.20. The van der Waals surface area contributed by atoms with Crippen molar-refractivity contribution in [2.75, 3.05) is 7.11 Å². The highest BCUT2D eigenvalue weighted by Gasteiger charge is 2.08. The lowest BCUT2D eigenvalue weighted by Crippen LogP contribution is -2.01. The Morgan fingerprint density at radius 2 is 2.32 bits per heavy atom. The fraction of sp³-hybridized carbons (Fsp3) is 0.231. The Balaban J connectivity index is 2.18. The minimum atomic E-state index is -0.936. The predicted molar refractivity (Wildman–Crippen MR) is 65.6 cm³/mol. The van der Waals surface area contributed by atoms with Crippen molar-refractivity contribution < 1.29 is 19.0 Å². The first-order valence-electron chi connectivity index (χ1n) is 5.63. The molecule has 0 radical (unpaired) electrons. The molecular weight excluding hydrogens is 251 g/mol. The van der Waals surface area contributed by atoms with E-state index in [9.17, 15) is 9.18 Å². The zero-order valence-electron chi connectivity index (χ0n) is 10.3. The smallest absolute Gasteiger partial charge is 0.309 e. The Kier molecular flexibility index (Phi) is 3.79. The van der Waals surface area contributed by atoms with Crippen LogP contribution in [0, 0.1) is 5.82 Å². The van der Waals surface area contributed by atoms with Crippen molar-refractivity contribution in [3.8, 4) is 5.75 Å². The molecule has 0 bridgehead atoms. The summed E-state index contributed by atoms with van der Waals surface area (Å²) in [6, 6.07) is 4.27.